The van der Waals surface area contributed by atoms with Gasteiger partial charge in [-0.1, -0.05) is 17.7 Å². The van der Waals surface area contributed by atoms with Gasteiger partial charge in [0.2, 0.25) is 0 Å². The van der Waals surface area contributed by atoms with Crippen LogP contribution in [0.5, 0.6) is 0 Å². The lowest BCUT2D eigenvalue weighted by atomic mass is 9.91. The van der Waals surface area contributed by atoms with E-state index in [9.17, 15) is 4.79 Å². The lowest BCUT2D eigenvalue weighted by molar-refractivity contribution is 0.0926. The van der Waals surface area contributed by atoms with Gasteiger partial charge in [0.15, 0.2) is 0 Å². The van der Waals surface area contributed by atoms with Crippen LogP contribution in [0.4, 0.5) is 0 Å². The molecule has 1 amide bonds. The Morgan fingerprint density at radius 2 is 1.95 bits per heavy atom. The second-order valence-electron chi connectivity index (χ2n) is 5.07. The van der Waals surface area contributed by atoms with E-state index in [-0.39, 0.29) is 24.4 Å². The molecular weight excluding hydrogens is 283 g/mol. The van der Waals surface area contributed by atoms with Gasteiger partial charge in [0.1, 0.15) is 0 Å². The molecule has 1 aliphatic carbocycles. The van der Waals surface area contributed by atoms with Gasteiger partial charge in [0, 0.05) is 12.1 Å². The Labute approximate surface area is 125 Å². The van der Waals surface area contributed by atoms with Crippen molar-refractivity contribution in [1.82, 2.24) is 5.32 Å². The Hall–Kier alpha value is -0.770. The lowest BCUT2D eigenvalue weighted by Gasteiger charge is -2.26. The molecule has 19 heavy (non-hydrogen) atoms. The first kappa shape index (κ1) is 16.3. The fourth-order valence-corrected chi connectivity index (χ4v) is 2.65. The van der Waals surface area contributed by atoms with E-state index in [2.05, 4.69) is 5.32 Å². The second kappa shape index (κ2) is 7.13. The maximum absolute atomic E-state index is 12.1. The molecule has 0 unspecified atom stereocenters. The van der Waals surface area contributed by atoms with Crippen molar-refractivity contribution in [3.05, 3.63) is 34.3 Å². The van der Waals surface area contributed by atoms with Gasteiger partial charge < -0.3 is 11.1 Å². The van der Waals surface area contributed by atoms with E-state index in [0.717, 1.165) is 31.2 Å². The molecule has 0 spiro atoms. The van der Waals surface area contributed by atoms with Crippen molar-refractivity contribution in [2.75, 3.05) is 0 Å². The van der Waals surface area contributed by atoms with E-state index >= 15 is 0 Å². The van der Waals surface area contributed by atoms with Crippen molar-refractivity contribution in [1.29, 1.82) is 0 Å². The van der Waals surface area contributed by atoms with Gasteiger partial charge in [-0.25, -0.2) is 0 Å². The van der Waals surface area contributed by atoms with Crippen molar-refractivity contribution in [2.24, 2.45) is 5.73 Å². The third-order valence-corrected chi connectivity index (χ3v) is 3.79. The number of aryl methyl sites for hydroxylation is 1. The number of hydrogen-bond donors (Lipinski definition) is 2. The van der Waals surface area contributed by atoms with Crippen molar-refractivity contribution < 1.29 is 4.79 Å². The summed E-state index contributed by atoms with van der Waals surface area (Å²) in [5.74, 6) is -0.0829. The Morgan fingerprint density at radius 3 is 2.53 bits per heavy atom. The third kappa shape index (κ3) is 4.37. The van der Waals surface area contributed by atoms with Crippen molar-refractivity contribution in [2.45, 2.75) is 44.7 Å². The van der Waals surface area contributed by atoms with Crippen LogP contribution >= 0.6 is 24.0 Å². The minimum atomic E-state index is -0.0829. The summed E-state index contributed by atoms with van der Waals surface area (Å²) in [4.78, 5) is 12.1. The van der Waals surface area contributed by atoms with Gasteiger partial charge in [-0.15, -0.1) is 12.4 Å². The zero-order chi connectivity index (χ0) is 13.1. The summed E-state index contributed by atoms with van der Waals surface area (Å²) < 4.78 is 0. The molecule has 1 aromatic rings. The molecule has 0 aromatic heterocycles. The van der Waals surface area contributed by atoms with Gasteiger partial charge in [0.25, 0.3) is 5.91 Å². The van der Waals surface area contributed by atoms with Crippen LogP contribution in [-0.4, -0.2) is 18.0 Å². The highest BCUT2D eigenvalue weighted by atomic mass is 35.5. The minimum absolute atomic E-state index is 0. The Balaban J connectivity index is 0.00000180. The molecule has 0 heterocycles. The van der Waals surface area contributed by atoms with Gasteiger partial charge in [-0.05, 0) is 50.3 Å². The molecule has 0 radical (unpaired) electrons. The molecule has 0 bridgehead atoms. The monoisotopic (exact) mass is 302 g/mol. The number of nitrogens with one attached hydrogen (secondary N) is 1. The average Bonchev–Trinajstić information content (AvgIpc) is 2.32. The standard InChI is InChI=1S/C14H19ClN2O.ClH/c1-9-2-7-12(13(15)8-9)14(18)17-11-5-3-10(16)4-6-11;/h2,7-8,10-11H,3-6,16H2,1H3,(H,17,18);1H. The molecule has 3 nitrogen and oxygen atoms in total. The van der Waals surface area contributed by atoms with E-state index in [4.69, 9.17) is 17.3 Å². The quantitative estimate of drug-likeness (QED) is 0.882. The number of benzene rings is 1. The molecular formula is C14H20Cl2N2O. The van der Waals surface area contributed by atoms with E-state index in [1.807, 2.05) is 19.1 Å². The zero-order valence-electron chi connectivity index (χ0n) is 11.0. The summed E-state index contributed by atoms with van der Waals surface area (Å²) >= 11 is 6.08. The number of carbonyl (C=O) groups is 1. The summed E-state index contributed by atoms with van der Waals surface area (Å²) in [5, 5.41) is 3.55. The maximum Gasteiger partial charge on any atom is 0.253 e. The van der Waals surface area contributed by atoms with Gasteiger partial charge in [0.05, 0.1) is 10.6 Å². The predicted octanol–water partition coefficient (Wildman–Crippen LogP) is 3.07. The largest absolute Gasteiger partial charge is 0.349 e. The molecule has 1 aliphatic rings. The number of carbonyl (C=O) groups excluding carboxylic acids is 1. The number of amides is 1. The van der Waals surface area contributed by atoms with Crippen LogP contribution in [-0.2, 0) is 0 Å². The predicted molar refractivity (Wildman–Crippen MR) is 81.1 cm³/mol. The Morgan fingerprint density at radius 1 is 1.32 bits per heavy atom. The molecule has 0 atom stereocenters. The van der Waals surface area contributed by atoms with Crippen molar-refractivity contribution in [3.63, 3.8) is 0 Å². The number of hydrogen-bond acceptors (Lipinski definition) is 2. The molecule has 5 heteroatoms. The summed E-state index contributed by atoms with van der Waals surface area (Å²) in [5.41, 5.74) is 7.45. The highest BCUT2D eigenvalue weighted by Crippen LogP contribution is 2.20. The van der Waals surface area contributed by atoms with Crippen LogP contribution in [0.1, 0.15) is 41.6 Å². The van der Waals surface area contributed by atoms with E-state index in [1.165, 1.54) is 0 Å². The van der Waals surface area contributed by atoms with Gasteiger partial charge in [-0.2, -0.15) is 0 Å². The summed E-state index contributed by atoms with van der Waals surface area (Å²) in [6.07, 6.45) is 3.87. The first-order valence-electron chi connectivity index (χ1n) is 6.39. The number of rotatable bonds is 2. The SMILES string of the molecule is Cc1ccc(C(=O)NC2CCC(N)CC2)c(Cl)c1.Cl. The molecule has 1 aromatic carbocycles. The summed E-state index contributed by atoms with van der Waals surface area (Å²) in [6.45, 7) is 1.95. The first-order chi connectivity index (χ1) is 8.56. The highest BCUT2D eigenvalue weighted by Gasteiger charge is 2.21. The summed E-state index contributed by atoms with van der Waals surface area (Å²) in [6, 6.07) is 6.02. The molecule has 106 valence electrons. The normalized spacial score (nSPS) is 22.5. The maximum atomic E-state index is 12.1. The first-order valence-corrected chi connectivity index (χ1v) is 6.76. The Bertz CT molecular complexity index is 443. The molecule has 1 saturated carbocycles. The zero-order valence-corrected chi connectivity index (χ0v) is 12.6. The molecule has 3 N–H and O–H groups in total. The second-order valence-corrected chi connectivity index (χ2v) is 5.48. The van der Waals surface area contributed by atoms with Crippen LogP contribution < -0.4 is 11.1 Å². The fourth-order valence-electron chi connectivity index (χ4n) is 2.33. The Kier molecular flexibility index (Phi) is 6.11. The van der Waals surface area contributed by atoms with Crippen LogP contribution in [0.2, 0.25) is 5.02 Å². The van der Waals surface area contributed by atoms with E-state index < -0.39 is 0 Å². The van der Waals surface area contributed by atoms with Crippen LogP contribution in [0.3, 0.4) is 0 Å². The molecule has 2 rings (SSSR count). The number of nitrogens with two attached hydrogens (primary N) is 1. The molecule has 0 aliphatic heterocycles. The van der Waals surface area contributed by atoms with E-state index in [1.54, 1.807) is 6.07 Å². The van der Waals surface area contributed by atoms with Gasteiger partial charge in [-0.3, -0.25) is 4.79 Å². The van der Waals surface area contributed by atoms with Gasteiger partial charge >= 0.3 is 0 Å². The highest BCUT2D eigenvalue weighted by molar-refractivity contribution is 6.33. The van der Waals surface area contributed by atoms with Crippen molar-refractivity contribution in [3.8, 4) is 0 Å². The minimum Gasteiger partial charge on any atom is -0.349 e. The van der Waals surface area contributed by atoms with Crippen LogP contribution in [0.15, 0.2) is 18.2 Å². The van der Waals surface area contributed by atoms with Crippen LogP contribution in [0, 0.1) is 6.92 Å². The third-order valence-electron chi connectivity index (χ3n) is 3.48. The number of halogens is 2. The molecule has 0 saturated heterocycles. The van der Waals surface area contributed by atoms with Crippen molar-refractivity contribution >= 4 is 29.9 Å². The van der Waals surface area contributed by atoms with E-state index in [0.29, 0.717) is 16.6 Å². The topological polar surface area (TPSA) is 55.1 Å². The molecule has 1 fully saturated rings. The smallest absolute Gasteiger partial charge is 0.253 e. The average molecular weight is 303 g/mol. The fraction of sp³-hybridized carbons (Fsp3) is 0.500. The summed E-state index contributed by atoms with van der Waals surface area (Å²) in [7, 11) is 0. The van der Waals surface area contributed by atoms with Crippen LogP contribution in [0.25, 0.3) is 0 Å². The lowest BCUT2D eigenvalue weighted by Crippen LogP contribution is -2.40.